The highest BCUT2D eigenvalue weighted by atomic mass is 32.2. The first-order valence-electron chi connectivity index (χ1n) is 6.58. The Labute approximate surface area is 121 Å². The van der Waals surface area contributed by atoms with Gasteiger partial charge in [-0.15, -0.1) is 0 Å². The Morgan fingerprint density at radius 1 is 1.40 bits per heavy atom. The first kappa shape index (κ1) is 15.0. The van der Waals surface area contributed by atoms with Crippen molar-refractivity contribution in [2.45, 2.75) is 30.2 Å². The number of carbonyl (C=O) groups excluding carboxylic acids is 1. The van der Waals surface area contributed by atoms with E-state index in [2.05, 4.69) is 10.6 Å². The van der Waals surface area contributed by atoms with Gasteiger partial charge in [0.1, 0.15) is 0 Å². The summed E-state index contributed by atoms with van der Waals surface area (Å²) < 4.78 is 11.3. The second-order valence-corrected chi connectivity index (χ2v) is 6.79. The van der Waals surface area contributed by atoms with E-state index in [1.165, 1.54) is 0 Å². The number of amides is 2. The Kier molecular flexibility index (Phi) is 4.45. The minimum absolute atomic E-state index is 0.0706. The number of anilines is 1. The first-order chi connectivity index (χ1) is 9.44. The van der Waals surface area contributed by atoms with Gasteiger partial charge in [0.05, 0.1) is 12.1 Å². The van der Waals surface area contributed by atoms with Crippen molar-refractivity contribution in [3.63, 3.8) is 0 Å². The van der Waals surface area contributed by atoms with Crippen molar-refractivity contribution in [2.75, 3.05) is 18.2 Å². The molecule has 2 atom stereocenters. The third-order valence-electron chi connectivity index (χ3n) is 3.65. The highest BCUT2D eigenvalue weighted by Gasteiger charge is 2.42. The van der Waals surface area contributed by atoms with Crippen LogP contribution in [-0.4, -0.2) is 33.7 Å². The molecule has 0 aromatic heterocycles. The number of aliphatic hydroxyl groups is 1. The van der Waals surface area contributed by atoms with E-state index in [1.807, 2.05) is 6.92 Å². The van der Waals surface area contributed by atoms with Gasteiger partial charge in [-0.1, -0.05) is 0 Å². The summed E-state index contributed by atoms with van der Waals surface area (Å²) in [7, 11) is -1.03. The van der Waals surface area contributed by atoms with Crippen LogP contribution in [0.2, 0.25) is 0 Å². The Hall–Kier alpha value is -1.40. The molecular formula is C14H20N2O3S. The maximum Gasteiger partial charge on any atom is 0.319 e. The van der Waals surface area contributed by atoms with E-state index >= 15 is 0 Å². The number of hydrogen-bond donors (Lipinski definition) is 3. The summed E-state index contributed by atoms with van der Waals surface area (Å²) >= 11 is 0. The van der Waals surface area contributed by atoms with E-state index in [-0.39, 0.29) is 12.6 Å². The summed E-state index contributed by atoms with van der Waals surface area (Å²) in [6.07, 6.45) is 3.68. The van der Waals surface area contributed by atoms with Crippen LogP contribution in [0, 0.1) is 5.92 Å². The molecule has 2 unspecified atom stereocenters. The molecule has 1 aliphatic carbocycles. The van der Waals surface area contributed by atoms with Gasteiger partial charge in [0.2, 0.25) is 0 Å². The van der Waals surface area contributed by atoms with Gasteiger partial charge in [-0.25, -0.2) is 4.79 Å². The van der Waals surface area contributed by atoms with E-state index in [0.717, 1.165) is 12.8 Å². The first-order valence-corrected chi connectivity index (χ1v) is 8.14. The Morgan fingerprint density at radius 2 is 2.00 bits per heavy atom. The maximum absolute atomic E-state index is 11.9. The predicted octanol–water partition coefficient (Wildman–Crippen LogP) is 1.71. The number of carbonyl (C=O) groups is 1. The lowest BCUT2D eigenvalue weighted by Gasteiger charge is -2.28. The van der Waals surface area contributed by atoms with Crippen molar-refractivity contribution >= 4 is 22.5 Å². The van der Waals surface area contributed by atoms with Gasteiger partial charge in [-0.2, -0.15) is 0 Å². The normalized spacial score (nSPS) is 18.9. The number of aliphatic hydroxyl groups excluding tert-OH is 1. The predicted molar refractivity (Wildman–Crippen MR) is 79.1 cm³/mol. The molecule has 0 saturated heterocycles. The molecule has 0 bridgehead atoms. The van der Waals surface area contributed by atoms with Crippen LogP contribution < -0.4 is 10.6 Å². The van der Waals surface area contributed by atoms with Crippen molar-refractivity contribution in [3.05, 3.63) is 24.3 Å². The zero-order valence-corrected chi connectivity index (χ0v) is 12.5. The molecule has 5 nitrogen and oxygen atoms in total. The fourth-order valence-corrected chi connectivity index (χ4v) is 2.66. The van der Waals surface area contributed by atoms with Crippen molar-refractivity contribution < 1.29 is 14.1 Å². The monoisotopic (exact) mass is 296 g/mol. The van der Waals surface area contributed by atoms with E-state index < -0.39 is 16.3 Å². The summed E-state index contributed by atoms with van der Waals surface area (Å²) in [6, 6.07) is 6.53. The molecule has 0 aliphatic heterocycles. The van der Waals surface area contributed by atoms with Gasteiger partial charge >= 0.3 is 6.03 Å². The number of urea groups is 1. The van der Waals surface area contributed by atoms with Gasteiger partial charge in [0.15, 0.2) is 0 Å². The molecule has 1 saturated carbocycles. The highest BCUT2D eigenvalue weighted by molar-refractivity contribution is 7.84. The van der Waals surface area contributed by atoms with Crippen molar-refractivity contribution in [1.82, 2.24) is 5.32 Å². The molecule has 2 rings (SSSR count). The highest BCUT2D eigenvalue weighted by Crippen LogP contribution is 2.39. The smallest absolute Gasteiger partial charge is 0.319 e. The SMILES string of the molecule is CS(=O)c1ccc(NC(=O)NC(C)(CO)C2CC2)cc1. The second-order valence-electron chi connectivity index (χ2n) is 5.41. The van der Waals surface area contributed by atoms with Crippen LogP contribution in [0.15, 0.2) is 29.2 Å². The number of rotatable bonds is 5. The molecular weight excluding hydrogens is 276 g/mol. The minimum atomic E-state index is -1.03. The Balaban J connectivity index is 1.95. The second kappa shape index (κ2) is 5.93. The molecule has 1 fully saturated rings. The standard InChI is InChI=1S/C14H20N2O3S/c1-14(9-17,10-3-4-10)16-13(18)15-11-5-7-12(8-6-11)20(2)19/h5-8,10,17H,3-4,9H2,1-2H3,(H2,15,16,18). The van der Waals surface area contributed by atoms with Crippen LogP contribution in [0.5, 0.6) is 0 Å². The maximum atomic E-state index is 11.9. The molecule has 0 spiro atoms. The zero-order valence-electron chi connectivity index (χ0n) is 11.7. The number of hydrogen-bond acceptors (Lipinski definition) is 3. The molecule has 0 heterocycles. The van der Waals surface area contributed by atoms with E-state index in [4.69, 9.17) is 0 Å². The molecule has 110 valence electrons. The molecule has 1 aliphatic rings. The molecule has 1 aromatic carbocycles. The average molecular weight is 296 g/mol. The van der Waals surface area contributed by atoms with Crippen LogP contribution in [-0.2, 0) is 10.8 Å². The number of benzene rings is 1. The lowest BCUT2D eigenvalue weighted by Crippen LogP contribution is -2.52. The van der Waals surface area contributed by atoms with E-state index in [0.29, 0.717) is 16.5 Å². The topological polar surface area (TPSA) is 78.4 Å². The van der Waals surface area contributed by atoms with Crippen molar-refractivity contribution in [3.8, 4) is 0 Å². The average Bonchev–Trinajstić information content (AvgIpc) is 3.23. The quantitative estimate of drug-likeness (QED) is 0.774. The Morgan fingerprint density at radius 3 is 2.45 bits per heavy atom. The summed E-state index contributed by atoms with van der Waals surface area (Å²) in [5.41, 5.74) is 0.0716. The molecule has 20 heavy (non-hydrogen) atoms. The molecule has 0 radical (unpaired) electrons. The third-order valence-corrected chi connectivity index (χ3v) is 4.59. The molecule has 2 amide bonds. The van der Waals surface area contributed by atoms with Crippen LogP contribution in [0.1, 0.15) is 19.8 Å². The molecule has 1 aromatic rings. The van der Waals surface area contributed by atoms with Crippen LogP contribution >= 0.6 is 0 Å². The van der Waals surface area contributed by atoms with Gasteiger partial charge in [0, 0.05) is 27.6 Å². The van der Waals surface area contributed by atoms with Crippen LogP contribution in [0.25, 0.3) is 0 Å². The Bertz CT molecular complexity index is 514. The van der Waals surface area contributed by atoms with Gasteiger partial charge in [-0.3, -0.25) is 4.21 Å². The van der Waals surface area contributed by atoms with Gasteiger partial charge in [-0.05, 0) is 49.9 Å². The summed E-state index contributed by atoms with van der Waals surface area (Å²) in [5, 5.41) is 15.0. The minimum Gasteiger partial charge on any atom is -0.394 e. The van der Waals surface area contributed by atoms with Gasteiger partial charge in [0.25, 0.3) is 0 Å². The largest absolute Gasteiger partial charge is 0.394 e. The van der Waals surface area contributed by atoms with Crippen molar-refractivity contribution in [2.24, 2.45) is 5.92 Å². The van der Waals surface area contributed by atoms with Crippen molar-refractivity contribution in [1.29, 1.82) is 0 Å². The molecule has 6 heteroatoms. The summed E-state index contributed by atoms with van der Waals surface area (Å²) in [5.74, 6) is 0.350. The zero-order chi connectivity index (χ0) is 14.8. The lowest BCUT2D eigenvalue weighted by molar-refractivity contribution is 0.159. The van der Waals surface area contributed by atoms with E-state index in [9.17, 15) is 14.1 Å². The van der Waals surface area contributed by atoms with E-state index in [1.54, 1.807) is 30.5 Å². The van der Waals surface area contributed by atoms with Crippen LogP contribution in [0.3, 0.4) is 0 Å². The fraction of sp³-hybridized carbons (Fsp3) is 0.500. The third kappa shape index (κ3) is 3.58. The van der Waals surface area contributed by atoms with Crippen LogP contribution in [0.4, 0.5) is 10.5 Å². The summed E-state index contributed by atoms with van der Waals surface area (Å²) in [4.78, 5) is 12.7. The van der Waals surface area contributed by atoms with Gasteiger partial charge < -0.3 is 15.7 Å². The fourth-order valence-electron chi connectivity index (χ4n) is 2.14. The molecule has 3 N–H and O–H groups in total. The summed E-state index contributed by atoms with van der Waals surface area (Å²) in [6.45, 7) is 1.78. The number of nitrogens with one attached hydrogen (secondary N) is 2. The lowest BCUT2D eigenvalue weighted by atomic mass is 9.97.